The lowest BCUT2D eigenvalue weighted by atomic mass is 10.2. The van der Waals surface area contributed by atoms with Gasteiger partial charge in [-0.05, 0) is 12.8 Å². The molecule has 82 valence electrons. The van der Waals surface area contributed by atoms with Crippen molar-refractivity contribution in [1.29, 1.82) is 0 Å². The summed E-state index contributed by atoms with van der Waals surface area (Å²) in [6, 6.07) is 0. The van der Waals surface area contributed by atoms with E-state index in [1.54, 1.807) is 0 Å². The number of carbonyl (C=O) groups excluding carboxylic acids is 1. The number of esters is 1. The van der Waals surface area contributed by atoms with E-state index in [9.17, 15) is 9.59 Å². The van der Waals surface area contributed by atoms with Gasteiger partial charge in [0.25, 0.3) is 0 Å². The summed E-state index contributed by atoms with van der Waals surface area (Å²) in [5.74, 6) is -1.59. The number of carboxylic acids is 1. The van der Waals surface area contributed by atoms with Gasteiger partial charge in [0.2, 0.25) is 0 Å². The molecule has 1 N–H and O–H groups in total. The van der Waals surface area contributed by atoms with E-state index in [1.165, 1.54) is 0 Å². The van der Waals surface area contributed by atoms with Crippen LogP contribution in [0.4, 0.5) is 0 Å². The van der Waals surface area contributed by atoms with Crippen molar-refractivity contribution in [2.75, 3.05) is 0 Å². The second kappa shape index (κ2) is 6.81. The lowest BCUT2D eigenvalue weighted by molar-refractivity contribution is -0.164. The fourth-order valence-electron chi connectivity index (χ4n) is 0.876. The van der Waals surface area contributed by atoms with Crippen LogP contribution in [-0.2, 0) is 14.3 Å². The van der Waals surface area contributed by atoms with Crippen molar-refractivity contribution in [2.45, 2.75) is 44.0 Å². The van der Waals surface area contributed by atoms with Crippen molar-refractivity contribution in [3.8, 4) is 0 Å². The first kappa shape index (κ1) is 13.4. The highest BCUT2D eigenvalue weighted by molar-refractivity contribution is 9.10. The van der Waals surface area contributed by atoms with Gasteiger partial charge in [-0.25, -0.2) is 4.79 Å². The summed E-state index contributed by atoms with van der Waals surface area (Å²) in [6.07, 6.45) is 0.588. The molecule has 2 atom stereocenters. The predicted octanol–water partition coefficient (Wildman–Crippen LogP) is 1.96. The molecule has 0 radical (unpaired) electrons. The molecule has 4 nitrogen and oxygen atoms in total. The molecule has 0 aliphatic carbocycles. The van der Waals surface area contributed by atoms with E-state index in [1.807, 2.05) is 13.8 Å². The fraction of sp³-hybridized carbons (Fsp3) is 0.778. The normalized spacial score (nSPS) is 14.5. The van der Waals surface area contributed by atoms with Gasteiger partial charge in [0.05, 0.1) is 0 Å². The Morgan fingerprint density at radius 3 is 2.36 bits per heavy atom. The Balaban J connectivity index is 4.15. The van der Waals surface area contributed by atoms with Crippen LogP contribution in [0, 0.1) is 0 Å². The third-order valence-corrected chi connectivity index (χ3v) is 2.72. The molecule has 0 spiro atoms. The minimum absolute atomic E-state index is 0.352. The molecular weight excluding hydrogens is 252 g/mol. The standard InChI is InChI=1S/C9H15BrO4/c1-3-5-7(8(11)12)14-9(13)6(10)4-2/h6-7H,3-5H2,1-2H3,(H,11,12). The lowest BCUT2D eigenvalue weighted by Gasteiger charge is -2.14. The predicted molar refractivity (Wildman–Crippen MR) is 55.4 cm³/mol. The number of alkyl halides is 1. The van der Waals surface area contributed by atoms with Gasteiger partial charge in [-0.2, -0.15) is 0 Å². The van der Waals surface area contributed by atoms with Crippen molar-refractivity contribution in [3.63, 3.8) is 0 Å². The summed E-state index contributed by atoms with van der Waals surface area (Å²) in [4.78, 5) is 21.5. The van der Waals surface area contributed by atoms with E-state index in [-0.39, 0.29) is 0 Å². The zero-order valence-electron chi connectivity index (χ0n) is 8.33. The fourth-order valence-corrected chi connectivity index (χ4v) is 0.984. The van der Waals surface area contributed by atoms with Crippen LogP contribution in [0.2, 0.25) is 0 Å². The zero-order valence-corrected chi connectivity index (χ0v) is 9.91. The molecule has 0 saturated heterocycles. The van der Waals surface area contributed by atoms with Crippen LogP contribution in [0.15, 0.2) is 0 Å². The molecule has 0 aromatic rings. The van der Waals surface area contributed by atoms with Crippen LogP contribution >= 0.6 is 15.9 Å². The number of hydrogen-bond acceptors (Lipinski definition) is 3. The quantitative estimate of drug-likeness (QED) is 0.590. The molecule has 0 heterocycles. The molecule has 2 unspecified atom stereocenters. The van der Waals surface area contributed by atoms with Gasteiger partial charge in [0.1, 0.15) is 4.83 Å². The first-order chi connectivity index (χ1) is 6.52. The Morgan fingerprint density at radius 1 is 1.43 bits per heavy atom. The number of halogens is 1. The maximum absolute atomic E-state index is 11.2. The first-order valence-corrected chi connectivity index (χ1v) is 5.51. The smallest absolute Gasteiger partial charge is 0.345 e. The summed E-state index contributed by atoms with van der Waals surface area (Å²) in [5.41, 5.74) is 0. The molecular formula is C9H15BrO4. The molecule has 0 amide bonds. The zero-order chi connectivity index (χ0) is 11.1. The summed E-state index contributed by atoms with van der Waals surface area (Å²) < 4.78 is 4.82. The van der Waals surface area contributed by atoms with Gasteiger partial charge in [-0.15, -0.1) is 0 Å². The number of ether oxygens (including phenoxy) is 1. The molecule has 0 rings (SSSR count). The third kappa shape index (κ3) is 4.60. The molecule has 0 bridgehead atoms. The van der Waals surface area contributed by atoms with E-state index < -0.39 is 22.9 Å². The second-order valence-electron chi connectivity index (χ2n) is 2.93. The van der Waals surface area contributed by atoms with Gasteiger partial charge in [0.15, 0.2) is 6.10 Å². The van der Waals surface area contributed by atoms with Crippen molar-refractivity contribution < 1.29 is 19.4 Å². The Kier molecular flexibility index (Phi) is 6.53. The highest BCUT2D eigenvalue weighted by atomic mass is 79.9. The van der Waals surface area contributed by atoms with Gasteiger partial charge < -0.3 is 9.84 Å². The Labute approximate surface area is 91.8 Å². The lowest BCUT2D eigenvalue weighted by Crippen LogP contribution is -2.30. The monoisotopic (exact) mass is 266 g/mol. The third-order valence-electron chi connectivity index (χ3n) is 1.70. The SMILES string of the molecule is CCCC(OC(=O)C(Br)CC)C(=O)O. The molecule has 0 aliphatic rings. The van der Waals surface area contributed by atoms with Crippen LogP contribution in [0.1, 0.15) is 33.1 Å². The highest BCUT2D eigenvalue weighted by Crippen LogP contribution is 2.11. The van der Waals surface area contributed by atoms with Crippen molar-refractivity contribution >= 4 is 27.9 Å². The Morgan fingerprint density at radius 2 is 2.00 bits per heavy atom. The minimum Gasteiger partial charge on any atom is -0.479 e. The molecule has 5 heteroatoms. The Hall–Kier alpha value is -0.580. The summed E-state index contributed by atoms with van der Waals surface area (Å²) in [5, 5.41) is 8.72. The van der Waals surface area contributed by atoms with E-state index in [0.29, 0.717) is 19.3 Å². The summed E-state index contributed by atoms with van der Waals surface area (Å²) >= 11 is 3.10. The summed E-state index contributed by atoms with van der Waals surface area (Å²) in [6.45, 7) is 3.66. The van der Waals surface area contributed by atoms with Crippen LogP contribution in [0.3, 0.4) is 0 Å². The van der Waals surface area contributed by atoms with E-state index >= 15 is 0 Å². The highest BCUT2D eigenvalue weighted by Gasteiger charge is 2.24. The average molecular weight is 267 g/mol. The molecule has 0 aromatic heterocycles. The molecule has 0 aliphatic heterocycles. The number of carboxylic acid groups (broad SMARTS) is 1. The number of rotatable bonds is 6. The van der Waals surface area contributed by atoms with Crippen LogP contribution in [0.5, 0.6) is 0 Å². The van der Waals surface area contributed by atoms with Crippen LogP contribution in [-0.4, -0.2) is 28.0 Å². The molecule has 0 aromatic carbocycles. The number of aliphatic carboxylic acids is 1. The second-order valence-corrected chi connectivity index (χ2v) is 4.03. The molecule has 14 heavy (non-hydrogen) atoms. The minimum atomic E-state index is -1.09. The number of carbonyl (C=O) groups is 2. The van der Waals surface area contributed by atoms with Crippen LogP contribution < -0.4 is 0 Å². The molecule has 0 fully saturated rings. The molecule has 0 saturated carbocycles. The summed E-state index contributed by atoms with van der Waals surface area (Å²) in [7, 11) is 0. The maximum Gasteiger partial charge on any atom is 0.345 e. The van der Waals surface area contributed by atoms with E-state index in [2.05, 4.69) is 15.9 Å². The van der Waals surface area contributed by atoms with E-state index in [0.717, 1.165) is 0 Å². The van der Waals surface area contributed by atoms with Gasteiger partial charge in [0, 0.05) is 0 Å². The largest absolute Gasteiger partial charge is 0.479 e. The Bertz CT molecular complexity index is 205. The maximum atomic E-state index is 11.2. The van der Waals surface area contributed by atoms with Crippen molar-refractivity contribution in [1.82, 2.24) is 0 Å². The van der Waals surface area contributed by atoms with E-state index in [4.69, 9.17) is 9.84 Å². The van der Waals surface area contributed by atoms with Crippen molar-refractivity contribution in [3.05, 3.63) is 0 Å². The average Bonchev–Trinajstić information content (AvgIpc) is 2.15. The van der Waals surface area contributed by atoms with Crippen molar-refractivity contribution in [2.24, 2.45) is 0 Å². The van der Waals surface area contributed by atoms with Gasteiger partial charge >= 0.3 is 11.9 Å². The number of hydrogen-bond donors (Lipinski definition) is 1. The topological polar surface area (TPSA) is 63.6 Å². The first-order valence-electron chi connectivity index (χ1n) is 4.60. The van der Waals surface area contributed by atoms with Crippen LogP contribution in [0.25, 0.3) is 0 Å². The van der Waals surface area contributed by atoms with Gasteiger partial charge in [-0.3, -0.25) is 4.79 Å². The van der Waals surface area contributed by atoms with Gasteiger partial charge in [-0.1, -0.05) is 36.2 Å².